The molecule has 0 radical (unpaired) electrons. The first kappa shape index (κ1) is 21.9. The number of aromatic nitrogens is 5. The van der Waals surface area contributed by atoms with Crippen LogP contribution in [0.2, 0.25) is 0 Å². The fourth-order valence-electron chi connectivity index (χ4n) is 3.00. The molecule has 1 N–H and O–H groups in total. The summed E-state index contributed by atoms with van der Waals surface area (Å²) in [5.74, 6) is 2.44. The topological polar surface area (TPSA) is 86.9 Å². The van der Waals surface area contributed by atoms with E-state index in [4.69, 9.17) is 4.74 Å². The molecule has 0 saturated carbocycles. The highest BCUT2D eigenvalue weighted by atomic mass is 32.2. The molecule has 0 unspecified atom stereocenters. The Labute approximate surface area is 181 Å². The molecule has 0 aliphatic heterocycles. The number of thioether (sulfide) groups is 1. The van der Waals surface area contributed by atoms with Crippen LogP contribution in [0.4, 0.5) is 5.82 Å². The van der Waals surface area contributed by atoms with Crippen molar-refractivity contribution in [2.24, 2.45) is 0 Å². The summed E-state index contributed by atoms with van der Waals surface area (Å²) in [4.78, 5) is 12.5. The normalized spacial score (nSPS) is 11.1. The van der Waals surface area contributed by atoms with E-state index in [1.165, 1.54) is 11.8 Å². The molecule has 0 spiro atoms. The van der Waals surface area contributed by atoms with Crippen LogP contribution in [0.3, 0.4) is 0 Å². The lowest BCUT2D eigenvalue weighted by Gasteiger charge is -2.12. The fourth-order valence-corrected chi connectivity index (χ4v) is 3.77. The lowest BCUT2D eigenvalue weighted by atomic mass is 10.2. The highest BCUT2D eigenvalue weighted by molar-refractivity contribution is 7.99. The van der Waals surface area contributed by atoms with Crippen molar-refractivity contribution in [1.29, 1.82) is 0 Å². The van der Waals surface area contributed by atoms with Gasteiger partial charge in [0, 0.05) is 24.2 Å². The van der Waals surface area contributed by atoms with Gasteiger partial charge in [-0.25, -0.2) is 4.68 Å². The van der Waals surface area contributed by atoms with Crippen LogP contribution in [0.5, 0.6) is 5.75 Å². The SMILES string of the molecule is CCCCn1c(SCC(=O)Nc2ccnn2C(C)C)nnc1-c1ccc(OC)cc1. The van der Waals surface area contributed by atoms with Crippen LogP contribution in [-0.2, 0) is 11.3 Å². The number of amides is 1. The maximum Gasteiger partial charge on any atom is 0.235 e. The second-order valence-corrected chi connectivity index (χ2v) is 8.07. The first-order valence-corrected chi connectivity index (χ1v) is 11.1. The third kappa shape index (κ3) is 5.21. The van der Waals surface area contributed by atoms with Crippen molar-refractivity contribution in [2.45, 2.75) is 51.4 Å². The summed E-state index contributed by atoms with van der Waals surface area (Å²) in [7, 11) is 1.65. The van der Waals surface area contributed by atoms with Gasteiger partial charge in [-0.3, -0.25) is 4.79 Å². The highest BCUT2D eigenvalue weighted by Gasteiger charge is 2.16. The molecule has 2 aromatic heterocycles. The second kappa shape index (κ2) is 10.3. The van der Waals surface area contributed by atoms with Crippen molar-refractivity contribution in [3.05, 3.63) is 36.5 Å². The number of methoxy groups -OCH3 is 1. The van der Waals surface area contributed by atoms with Crippen LogP contribution in [0, 0.1) is 0 Å². The fraction of sp³-hybridized carbons (Fsp3) is 0.429. The Morgan fingerprint density at radius 3 is 2.63 bits per heavy atom. The molecule has 30 heavy (non-hydrogen) atoms. The van der Waals surface area contributed by atoms with Gasteiger partial charge in [-0.05, 0) is 44.5 Å². The molecule has 0 aliphatic rings. The van der Waals surface area contributed by atoms with Gasteiger partial charge in [0.1, 0.15) is 11.6 Å². The molecule has 0 atom stereocenters. The molecule has 0 bridgehead atoms. The Morgan fingerprint density at radius 2 is 1.97 bits per heavy atom. The highest BCUT2D eigenvalue weighted by Crippen LogP contribution is 2.26. The van der Waals surface area contributed by atoms with Crippen LogP contribution in [0.1, 0.15) is 39.7 Å². The van der Waals surface area contributed by atoms with Gasteiger partial charge < -0.3 is 14.6 Å². The maximum absolute atomic E-state index is 12.5. The summed E-state index contributed by atoms with van der Waals surface area (Å²) in [6, 6.07) is 9.73. The van der Waals surface area contributed by atoms with Crippen LogP contribution < -0.4 is 10.1 Å². The number of ether oxygens (including phenoxy) is 1. The van der Waals surface area contributed by atoms with Gasteiger partial charge in [0.05, 0.1) is 19.1 Å². The van der Waals surface area contributed by atoms with Gasteiger partial charge in [-0.1, -0.05) is 25.1 Å². The molecule has 2 heterocycles. The molecule has 8 nitrogen and oxygen atoms in total. The zero-order valence-corrected chi connectivity index (χ0v) is 18.6. The van der Waals surface area contributed by atoms with E-state index in [9.17, 15) is 4.79 Å². The number of hydrogen-bond acceptors (Lipinski definition) is 6. The monoisotopic (exact) mass is 428 g/mol. The largest absolute Gasteiger partial charge is 0.497 e. The van der Waals surface area contributed by atoms with E-state index in [0.717, 1.165) is 41.7 Å². The summed E-state index contributed by atoms with van der Waals surface area (Å²) in [5, 5.41) is 16.6. The van der Waals surface area contributed by atoms with Crippen LogP contribution >= 0.6 is 11.8 Å². The van der Waals surface area contributed by atoms with Crippen molar-refractivity contribution in [3.8, 4) is 17.1 Å². The molecular weight excluding hydrogens is 400 g/mol. The first-order valence-electron chi connectivity index (χ1n) is 10.1. The Hall–Kier alpha value is -2.81. The zero-order valence-electron chi connectivity index (χ0n) is 17.8. The third-order valence-electron chi connectivity index (χ3n) is 4.56. The number of hydrogen-bond donors (Lipinski definition) is 1. The molecule has 0 aliphatic carbocycles. The minimum atomic E-state index is -0.0987. The minimum Gasteiger partial charge on any atom is -0.497 e. The summed E-state index contributed by atoms with van der Waals surface area (Å²) in [6.07, 6.45) is 3.75. The molecule has 9 heteroatoms. The Bertz CT molecular complexity index is 964. The van der Waals surface area contributed by atoms with E-state index in [2.05, 4.69) is 32.1 Å². The minimum absolute atomic E-state index is 0.0987. The average molecular weight is 429 g/mol. The lowest BCUT2D eigenvalue weighted by Crippen LogP contribution is -2.18. The van der Waals surface area contributed by atoms with E-state index < -0.39 is 0 Å². The number of carbonyl (C=O) groups excluding carboxylic acids is 1. The Morgan fingerprint density at radius 1 is 1.20 bits per heavy atom. The molecular formula is C21H28N6O2S. The summed E-state index contributed by atoms with van der Waals surface area (Å²) in [5.41, 5.74) is 0.969. The summed E-state index contributed by atoms with van der Waals surface area (Å²) >= 11 is 1.39. The standard InChI is InChI=1S/C21H28N6O2S/c1-5-6-13-26-20(16-7-9-17(29-4)10-8-16)24-25-21(26)30-14-19(28)23-18-11-12-22-27(18)15(2)3/h7-12,15H,5-6,13-14H2,1-4H3,(H,23,28). The quantitative estimate of drug-likeness (QED) is 0.486. The Balaban J connectivity index is 1.72. The lowest BCUT2D eigenvalue weighted by molar-refractivity contribution is -0.113. The molecule has 1 amide bonds. The van der Waals surface area contributed by atoms with E-state index in [1.54, 1.807) is 24.1 Å². The average Bonchev–Trinajstić information content (AvgIpc) is 3.37. The van der Waals surface area contributed by atoms with Crippen molar-refractivity contribution in [2.75, 3.05) is 18.2 Å². The maximum atomic E-state index is 12.5. The van der Waals surface area contributed by atoms with Crippen molar-refractivity contribution in [1.82, 2.24) is 24.5 Å². The molecule has 3 rings (SSSR count). The predicted octanol–water partition coefficient (Wildman–Crippen LogP) is 4.26. The molecule has 160 valence electrons. The number of unbranched alkanes of at least 4 members (excludes halogenated alkanes) is 1. The van der Waals surface area contributed by atoms with Gasteiger partial charge in [0.25, 0.3) is 0 Å². The third-order valence-corrected chi connectivity index (χ3v) is 5.53. The van der Waals surface area contributed by atoms with Gasteiger partial charge in [-0.2, -0.15) is 5.10 Å². The van der Waals surface area contributed by atoms with Crippen molar-refractivity contribution in [3.63, 3.8) is 0 Å². The van der Waals surface area contributed by atoms with Crippen molar-refractivity contribution >= 4 is 23.5 Å². The molecule has 1 aromatic carbocycles. The van der Waals surface area contributed by atoms with Gasteiger partial charge in [0.2, 0.25) is 5.91 Å². The molecule has 3 aromatic rings. The van der Waals surface area contributed by atoms with Gasteiger partial charge in [-0.15, -0.1) is 10.2 Å². The van der Waals surface area contributed by atoms with E-state index in [1.807, 2.05) is 38.1 Å². The smallest absolute Gasteiger partial charge is 0.235 e. The van der Waals surface area contributed by atoms with E-state index in [0.29, 0.717) is 5.82 Å². The van der Waals surface area contributed by atoms with Crippen LogP contribution in [0.25, 0.3) is 11.4 Å². The number of benzene rings is 1. The summed E-state index contributed by atoms with van der Waals surface area (Å²) < 4.78 is 9.11. The van der Waals surface area contributed by atoms with Gasteiger partial charge >= 0.3 is 0 Å². The number of anilines is 1. The van der Waals surface area contributed by atoms with Crippen LogP contribution in [0.15, 0.2) is 41.7 Å². The Kier molecular flexibility index (Phi) is 7.51. The number of rotatable bonds is 10. The first-order chi connectivity index (χ1) is 14.5. The van der Waals surface area contributed by atoms with Crippen molar-refractivity contribution < 1.29 is 9.53 Å². The second-order valence-electron chi connectivity index (χ2n) is 7.13. The molecule has 0 fully saturated rings. The number of carbonyl (C=O) groups is 1. The molecule has 0 saturated heterocycles. The van der Waals surface area contributed by atoms with E-state index in [-0.39, 0.29) is 17.7 Å². The van der Waals surface area contributed by atoms with E-state index >= 15 is 0 Å². The van der Waals surface area contributed by atoms with Crippen LogP contribution in [-0.4, -0.2) is 43.3 Å². The van der Waals surface area contributed by atoms with Gasteiger partial charge in [0.15, 0.2) is 11.0 Å². The predicted molar refractivity (Wildman–Crippen MR) is 119 cm³/mol. The summed E-state index contributed by atoms with van der Waals surface area (Å²) in [6.45, 7) is 6.99. The zero-order chi connectivity index (χ0) is 21.5. The number of nitrogens with one attached hydrogen (secondary N) is 1. The number of nitrogens with zero attached hydrogens (tertiary/aromatic N) is 5.